The van der Waals surface area contributed by atoms with Gasteiger partial charge in [-0.1, -0.05) is 20.8 Å². The summed E-state index contributed by atoms with van der Waals surface area (Å²) in [6, 6.07) is 0.0540. The molecule has 1 heterocycles. The molecule has 1 aliphatic rings. The SMILES string of the molecule is CC(C)(C)OC(=O)N[C@@H]1CNCC(O[Si](C)(C)C(C)(C)C)C1. The fourth-order valence-electron chi connectivity index (χ4n) is 2.17. The van der Waals surface area contributed by atoms with Gasteiger partial charge in [-0.3, -0.25) is 0 Å². The Morgan fingerprint density at radius 1 is 1.14 bits per heavy atom. The predicted octanol–water partition coefficient (Wildman–Crippen LogP) is 3.26. The summed E-state index contributed by atoms with van der Waals surface area (Å²) in [5.41, 5.74) is -0.469. The number of hydrogen-bond acceptors (Lipinski definition) is 4. The Bertz CT molecular complexity index is 386. The number of carbonyl (C=O) groups excluding carboxylic acids is 1. The molecule has 1 rings (SSSR count). The third-order valence-corrected chi connectivity index (χ3v) is 8.83. The Balaban J connectivity index is 2.53. The van der Waals surface area contributed by atoms with Crippen molar-refractivity contribution in [2.75, 3.05) is 13.1 Å². The van der Waals surface area contributed by atoms with E-state index in [4.69, 9.17) is 9.16 Å². The molecule has 1 unspecified atom stereocenters. The maximum absolute atomic E-state index is 11.9. The fraction of sp³-hybridized carbons (Fsp3) is 0.938. The van der Waals surface area contributed by atoms with Gasteiger partial charge in [0.15, 0.2) is 8.32 Å². The standard InChI is InChI=1S/C16H34N2O3Si/c1-15(2,3)20-14(19)18-12-9-13(11-17-10-12)21-22(7,8)16(4,5)6/h12-13,17H,9-11H2,1-8H3,(H,18,19)/t12-,13?/m0/s1. The van der Waals surface area contributed by atoms with Crippen molar-refractivity contribution in [2.45, 2.75) is 83.8 Å². The van der Waals surface area contributed by atoms with E-state index in [1.165, 1.54) is 0 Å². The summed E-state index contributed by atoms with van der Waals surface area (Å²) >= 11 is 0. The van der Waals surface area contributed by atoms with E-state index in [0.717, 1.165) is 19.5 Å². The van der Waals surface area contributed by atoms with E-state index < -0.39 is 13.9 Å². The quantitative estimate of drug-likeness (QED) is 0.780. The molecule has 0 aromatic heterocycles. The number of hydrogen-bond donors (Lipinski definition) is 2. The molecular weight excluding hydrogens is 296 g/mol. The molecule has 130 valence electrons. The summed E-state index contributed by atoms with van der Waals surface area (Å²) < 4.78 is 11.8. The number of amides is 1. The van der Waals surface area contributed by atoms with Crippen LogP contribution in [0.1, 0.15) is 48.0 Å². The van der Waals surface area contributed by atoms with Gasteiger partial charge >= 0.3 is 6.09 Å². The zero-order chi connectivity index (χ0) is 17.2. The monoisotopic (exact) mass is 330 g/mol. The van der Waals surface area contributed by atoms with Crippen molar-refractivity contribution >= 4 is 14.4 Å². The van der Waals surface area contributed by atoms with Crippen LogP contribution in [-0.2, 0) is 9.16 Å². The van der Waals surface area contributed by atoms with E-state index in [1.54, 1.807) is 0 Å². The van der Waals surface area contributed by atoms with Gasteiger partial charge in [0.05, 0.1) is 6.10 Å². The third-order valence-electron chi connectivity index (χ3n) is 4.30. The Labute approximate surface area is 136 Å². The van der Waals surface area contributed by atoms with Crippen molar-refractivity contribution in [3.8, 4) is 0 Å². The molecule has 2 atom stereocenters. The molecule has 0 bridgehead atoms. The minimum atomic E-state index is -1.78. The van der Waals surface area contributed by atoms with Gasteiger partial charge < -0.3 is 19.8 Å². The average Bonchev–Trinajstić information content (AvgIpc) is 2.23. The summed E-state index contributed by atoms with van der Waals surface area (Å²) in [6.07, 6.45) is 0.625. The maximum atomic E-state index is 11.9. The molecule has 0 saturated carbocycles. The van der Waals surface area contributed by atoms with E-state index in [0.29, 0.717) is 0 Å². The maximum Gasteiger partial charge on any atom is 0.407 e. The number of nitrogens with one attached hydrogen (secondary N) is 2. The van der Waals surface area contributed by atoms with Gasteiger partial charge in [0.25, 0.3) is 0 Å². The number of rotatable bonds is 3. The van der Waals surface area contributed by atoms with Crippen molar-refractivity contribution in [3.05, 3.63) is 0 Å². The van der Waals surface area contributed by atoms with Gasteiger partial charge in [0.2, 0.25) is 0 Å². The summed E-state index contributed by atoms with van der Waals surface area (Å²) in [6.45, 7) is 18.5. The fourth-order valence-corrected chi connectivity index (χ4v) is 3.54. The molecule has 1 aliphatic heterocycles. The van der Waals surface area contributed by atoms with E-state index in [-0.39, 0.29) is 23.3 Å². The minimum absolute atomic E-state index is 0.0540. The molecule has 0 aromatic carbocycles. The van der Waals surface area contributed by atoms with Crippen molar-refractivity contribution in [1.82, 2.24) is 10.6 Å². The van der Waals surface area contributed by atoms with Crippen LogP contribution in [0.25, 0.3) is 0 Å². The topological polar surface area (TPSA) is 59.6 Å². The molecule has 1 fully saturated rings. The Hall–Kier alpha value is -0.593. The highest BCUT2D eigenvalue weighted by atomic mass is 28.4. The van der Waals surface area contributed by atoms with Crippen LogP contribution in [0.5, 0.6) is 0 Å². The molecular formula is C16H34N2O3Si. The van der Waals surface area contributed by atoms with Crippen LogP contribution in [0.3, 0.4) is 0 Å². The van der Waals surface area contributed by atoms with Crippen LogP contribution in [-0.4, -0.2) is 45.2 Å². The Morgan fingerprint density at radius 3 is 2.23 bits per heavy atom. The number of carbonyl (C=O) groups is 1. The number of piperidine rings is 1. The lowest BCUT2D eigenvalue weighted by atomic mass is 10.1. The van der Waals surface area contributed by atoms with E-state index in [9.17, 15) is 4.79 Å². The van der Waals surface area contributed by atoms with Crippen molar-refractivity contribution in [1.29, 1.82) is 0 Å². The van der Waals surface area contributed by atoms with Gasteiger partial charge in [0, 0.05) is 19.1 Å². The van der Waals surface area contributed by atoms with Gasteiger partial charge in [0.1, 0.15) is 5.60 Å². The molecule has 1 saturated heterocycles. The molecule has 0 aliphatic carbocycles. The second kappa shape index (κ2) is 6.89. The van der Waals surface area contributed by atoms with Crippen LogP contribution in [0.15, 0.2) is 0 Å². The first-order valence-electron chi connectivity index (χ1n) is 8.18. The van der Waals surface area contributed by atoms with Crippen molar-refractivity contribution in [3.63, 3.8) is 0 Å². The summed E-state index contributed by atoms with van der Waals surface area (Å²) in [5, 5.41) is 6.49. The largest absolute Gasteiger partial charge is 0.444 e. The second-order valence-electron chi connectivity index (χ2n) is 8.74. The number of ether oxygens (including phenoxy) is 1. The minimum Gasteiger partial charge on any atom is -0.444 e. The second-order valence-corrected chi connectivity index (χ2v) is 13.5. The summed E-state index contributed by atoms with van der Waals surface area (Å²) in [5.74, 6) is 0. The lowest BCUT2D eigenvalue weighted by molar-refractivity contribution is 0.0468. The third kappa shape index (κ3) is 6.26. The van der Waals surface area contributed by atoms with Gasteiger partial charge in [-0.25, -0.2) is 4.79 Å². The lowest BCUT2D eigenvalue weighted by Gasteiger charge is -2.41. The molecule has 0 spiro atoms. The van der Waals surface area contributed by atoms with Crippen LogP contribution in [0.2, 0.25) is 18.1 Å². The van der Waals surface area contributed by atoms with Crippen LogP contribution in [0.4, 0.5) is 4.79 Å². The summed E-state index contributed by atoms with van der Waals surface area (Å²) in [7, 11) is -1.78. The molecule has 6 heteroatoms. The molecule has 5 nitrogen and oxygen atoms in total. The lowest BCUT2D eigenvalue weighted by Crippen LogP contribution is -2.55. The van der Waals surface area contributed by atoms with Gasteiger partial charge in [-0.2, -0.15) is 0 Å². The van der Waals surface area contributed by atoms with Crippen molar-refractivity contribution < 1.29 is 14.0 Å². The Kier molecular flexibility index (Phi) is 6.09. The number of alkyl carbamates (subject to hydrolysis) is 1. The van der Waals surface area contributed by atoms with Crippen LogP contribution in [0, 0.1) is 0 Å². The average molecular weight is 331 g/mol. The predicted molar refractivity (Wildman–Crippen MR) is 92.7 cm³/mol. The highest BCUT2D eigenvalue weighted by Crippen LogP contribution is 2.37. The molecule has 2 N–H and O–H groups in total. The molecule has 0 aromatic rings. The highest BCUT2D eigenvalue weighted by Gasteiger charge is 2.40. The summed E-state index contributed by atoms with van der Waals surface area (Å²) in [4.78, 5) is 11.9. The van der Waals surface area contributed by atoms with E-state index in [2.05, 4.69) is 44.5 Å². The van der Waals surface area contributed by atoms with Crippen LogP contribution >= 0.6 is 0 Å². The zero-order valence-corrected chi connectivity index (χ0v) is 16.5. The zero-order valence-electron chi connectivity index (χ0n) is 15.5. The first-order chi connectivity index (χ1) is 9.80. The van der Waals surface area contributed by atoms with Gasteiger partial charge in [-0.05, 0) is 45.3 Å². The molecule has 1 amide bonds. The molecule has 22 heavy (non-hydrogen) atoms. The normalized spacial score (nSPS) is 24.0. The Morgan fingerprint density at radius 2 is 1.73 bits per heavy atom. The van der Waals surface area contributed by atoms with E-state index >= 15 is 0 Å². The first-order valence-corrected chi connectivity index (χ1v) is 11.1. The van der Waals surface area contributed by atoms with Gasteiger partial charge in [-0.15, -0.1) is 0 Å². The highest BCUT2D eigenvalue weighted by molar-refractivity contribution is 6.74. The van der Waals surface area contributed by atoms with Crippen LogP contribution < -0.4 is 10.6 Å². The first kappa shape index (κ1) is 19.5. The van der Waals surface area contributed by atoms with E-state index in [1.807, 2.05) is 20.8 Å². The smallest absolute Gasteiger partial charge is 0.407 e. The molecule has 0 radical (unpaired) electrons. The van der Waals surface area contributed by atoms with Crippen molar-refractivity contribution in [2.24, 2.45) is 0 Å².